The Hall–Kier alpha value is -6.06. The molecular formula is C54H73N3O12. The van der Waals surface area contributed by atoms with E-state index in [-0.39, 0.29) is 63.6 Å². The smallest absolute Gasteiger partial charge is 0.326 e. The molecule has 0 aliphatic rings. The number of benzene rings is 3. The number of hydrogen-bond acceptors (Lipinski definition) is 10. The SMILES string of the molecule is CCCCCCCCc1ccc(CCC(CO)(CO)NC(=O)CCC(=O)C[C@@H](Cc2ccccc2)C(=O)N[C@@H](Cc2ccccc2)C(=O)C[C@@H](CCC(=O)O)C(=O)N[C@@H](CCC(C)=O)C(=O)O)cc1. The number of hydrogen-bond donors (Lipinski definition) is 7. The second-order valence-electron chi connectivity index (χ2n) is 18.3. The lowest BCUT2D eigenvalue weighted by Crippen LogP contribution is -2.54. The monoisotopic (exact) mass is 956 g/mol. The van der Waals surface area contributed by atoms with Crippen molar-refractivity contribution in [2.24, 2.45) is 11.8 Å². The van der Waals surface area contributed by atoms with Crippen LogP contribution in [0.4, 0.5) is 0 Å². The molecule has 15 nitrogen and oxygen atoms in total. The normalized spacial score (nSPS) is 13.0. The van der Waals surface area contributed by atoms with Gasteiger partial charge in [-0.25, -0.2) is 4.79 Å². The largest absolute Gasteiger partial charge is 0.481 e. The molecule has 376 valence electrons. The Morgan fingerprint density at radius 2 is 1.12 bits per heavy atom. The molecule has 3 rings (SSSR count). The minimum absolute atomic E-state index is 0.0246. The molecule has 7 N–H and O–H groups in total. The highest BCUT2D eigenvalue weighted by Gasteiger charge is 2.34. The van der Waals surface area contributed by atoms with Gasteiger partial charge in [-0.2, -0.15) is 0 Å². The minimum atomic E-state index is -1.47. The van der Waals surface area contributed by atoms with Gasteiger partial charge in [0.15, 0.2) is 5.78 Å². The second kappa shape index (κ2) is 31.1. The highest BCUT2D eigenvalue weighted by atomic mass is 16.4. The molecule has 3 amide bonds. The molecule has 0 bridgehead atoms. The van der Waals surface area contributed by atoms with Crippen LogP contribution in [0.5, 0.6) is 0 Å². The highest BCUT2D eigenvalue weighted by Crippen LogP contribution is 2.21. The van der Waals surface area contributed by atoms with Gasteiger partial charge >= 0.3 is 11.9 Å². The number of Topliss-reactive ketones (excluding diaryl/α,β-unsaturated/α-hetero) is 3. The summed E-state index contributed by atoms with van der Waals surface area (Å²) in [5.74, 6) is -8.41. The van der Waals surface area contributed by atoms with Crippen molar-refractivity contribution < 1.29 is 58.8 Å². The summed E-state index contributed by atoms with van der Waals surface area (Å²) >= 11 is 0. The molecule has 0 aliphatic heterocycles. The molecule has 69 heavy (non-hydrogen) atoms. The average molecular weight is 956 g/mol. The number of carbonyl (C=O) groups excluding carboxylic acids is 6. The van der Waals surface area contributed by atoms with Crippen LogP contribution in [-0.2, 0) is 64.0 Å². The Bertz CT molecular complexity index is 2090. The molecule has 0 aromatic heterocycles. The van der Waals surface area contributed by atoms with E-state index in [4.69, 9.17) is 0 Å². The van der Waals surface area contributed by atoms with Gasteiger partial charge in [0.05, 0.1) is 24.8 Å². The van der Waals surface area contributed by atoms with Crippen LogP contribution in [0.25, 0.3) is 0 Å². The van der Waals surface area contributed by atoms with Crippen molar-refractivity contribution in [3.8, 4) is 0 Å². The van der Waals surface area contributed by atoms with Crippen molar-refractivity contribution in [2.75, 3.05) is 13.2 Å². The molecule has 0 saturated heterocycles. The first kappa shape index (κ1) is 57.3. The van der Waals surface area contributed by atoms with Gasteiger partial charge in [0.1, 0.15) is 17.6 Å². The van der Waals surface area contributed by atoms with E-state index in [1.165, 1.54) is 44.6 Å². The fraction of sp³-hybridized carbons (Fsp3) is 0.519. The molecular weight excluding hydrogens is 883 g/mol. The summed E-state index contributed by atoms with van der Waals surface area (Å²) in [5, 5.41) is 47.8. The van der Waals surface area contributed by atoms with Gasteiger partial charge in [-0.15, -0.1) is 0 Å². The van der Waals surface area contributed by atoms with Gasteiger partial charge in [0.25, 0.3) is 0 Å². The standard InChI is InChI=1S/C54H73N3O12/c1-3-4-5-6-7-10-15-39-21-23-40(24-22-39)30-31-54(36-58,37-59)57-49(63)28-26-45(61)34-44(32-41-16-11-8-12-17-41)52(67)56-47(33-42-18-13-9-14-19-42)48(62)35-43(25-29-50(64)65)51(66)55-46(53(68)69)27-20-38(2)60/h8-9,11-14,16-19,21-24,43-44,46-47,58-59H,3-7,10,15,20,25-37H2,1-2H3,(H,55,66)(H,56,67)(H,57,63)(H,64,65)(H,68,69)/t43-,44-,46+,47+/m1/s1. The number of carboxylic acids is 2. The third-order valence-electron chi connectivity index (χ3n) is 12.5. The minimum Gasteiger partial charge on any atom is -0.481 e. The fourth-order valence-electron chi connectivity index (χ4n) is 8.15. The summed E-state index contributed by atoms with van der Waals surface area (Å²) in [6.07, 6.45) is 6.51. The molecule has 0 fully saturated rings. The molecule has 4 atom stereocenters. The molecule has 0 unspecified atom stereocenters. The third kappa shape index (κ3) is 22.3. The predicted molar refractivity (Wildman–Crippen MR) is 261 cm³/mol. The zero-order valence-corrected chi connectivity index (χ0v) is 40.3. The molecule has 0 aliphatic carbocycles. The van der Waals surface area contributed by atoms with Gasteiger partial charge in [-0.1, -0.05) is 124 Å². The van der Waals surface area contributed by atoms with Crippen LogP contribution in [0.1, 0.15) is 132 Å². The topological polar surface area (TPSA) is 254 Å². The van der Waals surface area contributed by atoms with Crippen molar-refractivity contribution in [2.45, 2.75) is 153 Å². The summed E-state index contributed by atoms with van der Waals surface area (Å²) in [5.41, 5.74) is 2.26. The van der Waals surface area contributed by atoms with Crippen molar-refractivity contribution in [3.63, 3.8) is 0 Å². The van der Waals surface area contributed by atoms with Crippen molar-refractivity contribution in [1.29, 1.82) is 0 Å². The summed E-state index contributed by atoms with van der Waals surface area (Å²) in [4.78, 5) is 104. The third-order valence-corrected chi connectivity index (χ3v) is 12.5. The maximum atomic E-state index is 14.3. The Kier molecular flexibility index (Phi) is 25.8. The zero-order chi connectivity index (χ0) is 50.6. The lowest BCUT2D eigenvalue weighted by atomic mass is 9.89. The lowest BCUT2D eigenvalue weighted by molar-refractivity contribution is -0.144. The molecule has 3 aromatic rings. The van der Waals surface area contributed by atoms with Crippen molar-refractivity contribution >= 4 is 47.0 Å². The number of carbonyl (C=O) groups is 8. The van der Waals surface area contributed by atoms with Crippen LogP contribution < -0.4 is 16.0 Å². The molecule has 0 spiro atoms. The summed E-state index contributed by atoms with van der Waals surface area (Å²) in [6, 6.07) is 23.1. The molecule has 0 heterocycles. The number of aliphatic hydroxyl groups excluding tert-OH is 2. The highest BCUT2D eigenvalue weighted by molar-refractivity contribution is 5.95. The number of aryl methyl sites for hydroxylation is 2. The zero-order valence-electron chi connectivity index (χ0n) is 40.3. The summed E-state index contributed by atoms with van der Waals surface area (Å²) in [7, 11) is 0. The van der Waals surface area contributed by atoms with Crippen LogP contribution in [0.2, 0.25) is 0 Å². The van der Waals surface area contributed by atoms with E-state index in [0.29, 0.717) is 12.0 Å². The van der Waals surface area contributed by atoms with Crippen LogP contribution in [0, 0.1) is 11.8 Å². The van der Waals surface area contributed by atoms with Gasteiger partial charge < -0.3 is 41.2 Å². The summed E-state index contributed by atoms with van der Waals surface area (Å²) in [6.45, 7) is 2.41. The van der Waals surface area contributed by atoms with E-state index in [1.54, 1.807) is 60.7 Å². The first-order valence-electron chi connectivity index (χ1n) is 24.3. The van der Waals surface area contributed by atoms with E-state index >= 15 is 0 Å². The van der Waals surface area contributed by atoms with Crippen molar-refractivity contribution in [1.82, 2.24) is 16.0 Å². The van der Waals surface area contributed by atoms with Gasteiger partial charge in [-0.05, 0) is 80.5 Å². The van der Waals surface area contributed by atoms with Crippen molar-refractivity contribution in [3.05, 3.63) is 107 Å². The summed E-state index contributed by atoms with van der Waals surface area (Å²) < 4.78 is 0. The molecule has 15 heteroatoms. The molecule has 3 aromatic carbocycles. The van der Waals surface area contributed by atoms with Crippen LogP contribution in [-0.4, -0.2) is 98.3 Å². The molecule has 0 radical (unpaired) electrons. The first-order valence-corrected chi connectivity index (χ1v) is 24.3. The quantitative estimate of drug-likeness (QED) is 0.0328. The van der Waals surface area contributed by atoms with E-state index in [1.807, 2.05) is 12.1 Å². The number of unbranched alkanes of at least 4 members (excludes halogenated alkanes) is 5. The van der Waals surface area contributed by atoms with Crippen LogP contribution in [0.3, 0.4) is 0 Å². The second-order valence-corrected chi connectivity index (χ2v) is 18.3. The van der Waals surface area contributed by atoms with E-state index in [0.717, 1.165) is 24.0 Å². The Morgan fingerprint density at radius 3 is 1.68 bits per heavy atom. The van der Waals surface area contributed by atoms with Gasteiger partial charge in [0, 0.05) is 50.4 Å². The van der Waals surface area contributed by atoms with Crippen LogP contribution >= 0.6 is 0 Å². The molecule has 0 saturated carbocycles. The number of aliphatic carboxylic acids is 2. The number of carboxylic acid groups (broad SMARTS) is 2. The number of rotatable bonds is 36. The van der Waals surface area contributed by atoms with E-state index in [9.17, 15) is 58.8 Å². The van der Waals surface area contributed by atoms with E-state index < -0.39 is 96.7 Å². The lowest BCUT2D eigenvalue weighted by Gasteiger charge is -2.31. The van der Waals surface area contributed by atoms with Gasteiger partial charge in [-0.3, -0.25) is 28.8 Å². The van der Waals surface area contributed by atoms with Crippen LogP contribution in [0.15, 0.2) is 84.9 Å². The first-order chi connectivity index (χ1) is 33.1. The number of nitrogens with one attached hydrogen (secondary N) is 3. The van der Waals surface area contributed by atoms with Gasteiger partial charge in [0.2, 0.25) is 17.7 Å². The Balaban J connectivity index is 1.73. The maximum absolute atomic E-state index is 14.3. The maximum Gasteiger partial charge on any atom is 0.326 e. The predicted octanol–water partition coefficient (Wildman–Crippen LogP) is 6.07. The number of amides is 3. The fourth-order valence-corrected chi connectivity index (χ4v) is 8.15. The Morgan fingerprint density at radius 1 is 0.565 bits per heavy atom. The Labute approximate surface area is 406 Å². The average Bonchev–Trinajstić information content (AvgIpc) is 3.33. The number of ketones is 3. The van der Waals surface area contributed by atoms with E-state index in [2.05, 4.69) is 35.0 Å². The number of aliphatic hydroxyl groups is 2.